The summed E-state index contributed by atoms with van der Waals surface area (Å²) in [5.74, 6) is 1.05. The molecule has 4 heteroatoms. The van der Waals surface area contributed by atoms with Crippen molar-refractivity contribution in [2.24, 2.45) is 0 Å². The molecule has 0 aliphatic carbocycles. The fraction of sp³-hybridized carbons (Fsp3) is 0.0526. The molecule has 0 aliphatic rings. The molecule has 4 nitrogen and oxygen atoms in total. The smallest absolute Gasteiger partial charge is 0.221 e. The quantitative estimate of drug-likeness (QED) is 0.419. The number of ketones is 1. The summed E-state index contributed by atoms with van der Waals surface area (Å²) >= 11 is 0. The van der Waals surface area contributed by atoms with Crippen molar-refractivity contribution in [3.63, 3.8) is 0 Å². The summed E-state index contributed by atoms with van der Waals surface area (Å²) in [6, 6.07) is 15.2. The number of carbonyl (C=O) groups excluding carboxylic acids is 1. The lowest BCUT2D eigenvalue weighted by Crippen LogP contribution is -1.90. The first-order chi connectivity index (χ1) is 11.2. The number of rotatable bonds is 3. The number of hydrogen-bond acceptors (Lipinski definition) is 3. The van der Waals surface area contributed by atoms with Gasteiger partial charge in [-0.3, -0.25) is 4.79 Å². The Balaban J connectivity index is 1.68. The molecule has 0 atom stereocenters. The highest BCUT2D eigenvalue weighted by atomic mass is 16.3. The van der Waals surface area contributed by atoms with Gasteiger partial charge in [-0.05, 0) is 43.3 Å². The molecule has 0 amide bonds. The van der Waals surface area contributed by atoms with E-state index < -0.39 is 0 Å². The first-order valence-corrected chi connectivity index (χ1v) is 7.37. The fourth-order valence-corrected chi connectivity index (χ4v) is 2.68. The number of carbonyl (C=O) groups is 1. The van der Waals surface area contributed by atoms with Gasteiger partial charge in [-0.15, -0.1) is 0 Å². The molecule has 0 bridgehead atoms. The van der Waals surface area contributed by atoms with E-state index in [9.17, 15) is 4.79 Å². The second-order valence-corrected chi connectivity index (χ2v) is 5.35. The van der Waals surface area contributed by atoms with E-state index in [2.05, 4.69) is 4.98 Å². The standard InChI is InChI=1S/C19H14N2O2/c1-13-20-15(16-7-4-5-11-21(13)16)9-10-17(22)19-12-14-6-2-3-8-18(14)23-19/h2-12H,1H3. The van der Waals surface area contributed by atoms with Crippen molar-refractivity contribution in [1.82, 2.24) is 9.38 Å². The SMILES string of the molecule is Cc1nc(C=CC(=O)c2cc3ccccc3o2)c2ccccn12. The Morgan fingerprint density at radius 2 is 2.00 bits per heavy atom. The van der Waals surface area contributed by atoms with Crippen LogP contribution in [0.15, 0.2) is 65.2 Å². The van der Waals surface area contributed by atoms with Gasteiger partial charge in [0.1, 0.15) is 11.4 Å². The minimum Gasteiger partial charge on any atom is -0.453 e. The van der Waals surface area contributed by atoms with E-state index in [-0.39, 0.29) is 5.78 Å². The Morgan fingerprint density at radius 1 is 1.17 bits per heavy atom. The van der Waals surface area contributed by atoms with Crippen molar-refractivity contribution in [3.05, 3.63) is 78.1 Å². The Labute approximate surface area is 132 Å². The monoisotopic (exact) mass is 302 g/mol. The van der Waals surface area contributed by atoms with Crippen LogP contribution in [-0.4, -0.2) is 15.2 Å². The van der Waals surface area contributed by atoms with Crippen molar-refractivity contribution in [3.8, 4) is 0 Å². The minimum absolute atomic E-state index is 0.170. The van der Waals surface area contributed by atoms with Crippen LogP contribution in [0, 0.1) is 6.92 Å². The molecular formula is C19H14N2O2. The molecule has 0 saturated carbocycles. The van der Waals surface area contributed by atoms with E-state index in [1.54, 1.807) is 12.1 Å². The van der Waals surface area contributed by atoms with E-state index in [0.717, 1.165) is 22.4 Å². The number of fused-ring (bicyclic) bond motifs is 2. The number of pyridine rings is 1. The molecule has 0 saturated heterocycles. The van der Waals surface area contributed by atoms with Crippen LogP contribution >= 0.6 is 0 Å². The molecule has 23 heavy (non-hydrogen) atoms. The normalized spacial score (nSPS) is 11.7. The molecule has 112 valence electrons. The van der Waals surface area contributed by atoms with Gasteiger partial charge in [0.25, 0.3) is 0 Å². The van der Waals surface area contributed by atoms with Gasteiger partial charge in [0.2, 0.25) is 5.78 Å². The van der Waals surface area contributed by atoms with Crippen molar-refractivity contribution >= 4 is 28.3 Å². The highest BCUT2D eigenvalue weighted by Gasteiger charge is 2.10. The summed E-state index contributed by atoms with van der Waals surface area (Å²) in [7, 11) is 0. The number of allylic oxidation sites excluding steroid dienone is 1. The third-order valence-electron chi connectivity index (χ3n) is 3.81. The summed E-state index contributed by atoms with van der Waals surface area (Å²) in [4.78, 5) is 16.8. The Bertz CT molecular complexity index is 1020. The van der Waals surface area contributed by atoms with E-state index in [4.69, 9.17) is 4.42 Å². The first-order valence-electron chi connectivity index (χ1n) is 7.37. The molecule has 0 spiro atoms. The van der Waals surface area contributed by atoms with Crippen LogP contribution in [0.25, 0.3) is 22.6 Å². The zero-order valence-corrected chi connectivity index (χ0v) is 12.6. The number of para-hydroxylation sites is 1. The lowest BCUT2D eigenvalue weighted by atomic mass is 10.2. The Kier molecular flexibility index (Phi) is 3.08. The van der Waals surface area contributed by atoms with E-state index in [1.165, 1.54) is 6.08 Å². The zero-order chi connectivity index (χ0) is 15.8. The molecule has 0 aliphatic heterocycles. The van der Waals surface area contributed by atoms with E-state index in [0.29, 0.717) is 11.3 Å². The van der Waals surface area contributed by atoms with Gasteiger partial charge in [-0.1, -0.05) is 24.3 Å². The van der Waals surface area contributed by atoms with Gasteiger partial charge in [0.15, 0.2) is 5.76 Å². The summed E-state index contributed by atoms with van der Waals surface area (Å²) in [5, 5.41) is 0.924. The number of hydrogen-bond donors (Lipinski definition) is 0. The van der Waals surface area contributed by atoms with Crippen LogP contribution in [0.4, 0.5) is 0 Å². The Morgan fingerprint density at radius 3 is 2.87 bits per heavy atom. The topological polar surface area (TPSA) is 47.5 Å². The Hall–Kier alpha value is -3.14. The number of aromatic nitrogens is 2. The van der Waals surface area contributed by atoms with Gasteiger partial charge in [0.05, 0.1) is 11.2 Å². The first kappa shape index (κ1) is 13.5. The van der Waals surface area contributed by atoms with E-state index in [1.807, 2.05) is 60.0 Å². The minimum atomic E-state index is -0.170. The number of nitrogens with zero attached hydrogens (tertiary/aromatic N) is 2. The molecule has 4 rings (SSSR count). The fourth-order valence-electron chi connectivity index (χ4n) is 2.68. The predicted molar refractivity (Wildman–Crippen MR) is 89.5 cm³/mol. The second kappa shape index (κ2) is 5.25. The maximum absolute atomic E-state index is 12.3. The highest BCUT2D eigenvalue weighted by molar-refractivity contribution is 6.07. The summed E-state index contributed by atoms with van der Waals surface area (Å²) in [5.41, 5.74) is 2.46. The number of furan rings is 1. The molecule has 0 N–H and O–H groups in total. The largest absolute Gasteiger partial charge is 0.453 e. The molecule has 3 heterocycles. The molecule has 0 fully saturated rings. The molecule has 4 aromatic rings. The average molecular weight is 302 g/mol. The van der Waals surface area contributed by atoms with Crippen LogP contribution in [0.2, 0.25) is 0 Å². The van der Waals surface area contributed by atoms with E-state index >= 15 is 0 Å². The molecule has 3 aromatic heterocycles. The second-order valence-electron chi connectivity index (χ2n) is 5.35. The van der Waals surface area contributed by atoms with Gasteiger partial charge >= 0.3 is 0 Å². The number of imidazole rings is 1. The molecule has 0 radical (unpaired) electrons. The maximum Gasteiger partial charge on any atom is 0.221 e. The van der Waals surface area contributed by atoms with Crippen LogP contribution in [0.5, 0.6) is 0 Å². The summed E-state index contributed by atoms with van der Waals surface area (Å²) in [6.45, 7) is 1.94. The maximum atomic E-state index is 12.3. The molecule has 1 aromatic carbocycles. The van der Waals surface area contributed by atoms with Crippen LogP contribution in [0.1, 0.15) is 22.1 Å². The number of aryl methyl sites for hydroxylation is 1. The average Bonchev–Trinajstić information content (AvgIpc) is 3.15. The lowest BCUT2D eigenvalue weighted by Gasteiger charge is -1.93. The lowest BCUT2D eigenvalue weighted by molar-refractivity contribution is 0.102. The van der Waals surface area contributed by atoms with Crippen molar-refractivity contribution in [1.29, 1.82) is 0 Å². The summed E-state index contributed by atoms with van der Waals surface area (Å²) < 4.78 is 7.58. The van der Waals surface area contributed by atoms with Gasteiger partial charge in [0, 0.05) is 11.6 Å². The van der Waals surface area contributed by atoms with Gasteiger partial charge < -0.3 is 8.82 Å². The van der Waals surface area contributed by atoms with Crippen molar-refractivity contribution in [2.45, 2.75) is 6.92 Å². The third kappa shape index (κ3) is 2.34. The highest BCUT2D eigenvalue weighted by Crippen LogP contribution is 2.20. The molecule has 0 unspecified atom stereocenters. The van der Waals surface area contributed by atoms with Crippen LogP contribution < -0.4 is 0 Å². The van der Waals surface area contributed by atoms with Crippen molar-refractivity contribution in [2.75, 3.05) is 0 Å². The van der Waals surface area contributed by atoms with Gasteiger partial charge in [-0.2, -0.15) is 0 Å². The van der Waals surface area contributed by atoms with Crippen molar-refractivity contribution < 1.29 is 9.21 Å². The predicted octanol–water partition coefficient (Wildman–Crippen LogP) is 4.29. The van der Waals surface area contributed by atoms with Crippen LogP contribution in [-0.2, 0) is 0 Å². The van der Waals surface area contributed by atoms with Gasteiger partial charge in [-0.25, -0.2) is 4.98 Å². The zero-order valence-electron chi connectivity index (χ0n) is 12.6. The van der Waals surface area contributed by atoms with Crippen LogP contribution in [0.3, 0.4) is 0 Å². The number of benzene rings is 1. The summed E-state index contributed by atoms with van der Waals surface area (Å²) in [6.07, 6.45) is 5.19. The molecular weight excluding hydrogens is 288 g/mol. The third-order valence-corrected chi connectivity index (χ3v) is 3.81.